The third-order valence-corrected chi connectivity index (χ3v) is 6.51. The lowest BCUT2D eigenvalue weighted by atomic mass is 10.2. The summed E-state index contributed by atoms with van der Waals surface area (Å²) in [6, 6.07) is 13.9. The molecule has 4 heterocycles. The smallest absolute Gasteiger partial charge is 0.283 e. The molecule has 0 atom stereocenters. The molecule has 0 radical (unpaired) electrons. The van der Waals surface area contributed by atoms with E-state index in [0.29, 0.717) is 11.1 Å². The predicted molar refractivity (Wildman–Crippen MR) is 109 cm³/mol. The van der Waals surface area contributed by atoms with Crippen molar-refractivity contribution < 1.29 is 4.42 Å². The number of aromatic nitrogens is 4. The SMILES string of the molecule is Cc1nc(Sc2nnc(-c3ccccc3)o2)c2c(-c3cccs3)csc2n1. The molecule has 132 valence electrons. The predicted octanol–water partition coefficient (Wildman–Crippen LogP) is 5.93. The molecule has 0 fully saturated rings. The Labute approximate surface area is 167 Å². The zero-order chi connectivity index (χ0) is 18.2. The van der Waals surface area contributed by atoms with Crippen molar-refractivity contribution in [3.05, 3.63) is 59.0 Å². The van der Waals surface area contributed by atoms with Crippen LogP contribution < -0.4 is 0 Å². The van der Waals surface area contributed by atoms with Crippen LogP contribution in [0, 0.1) is 6.92 Å². The Morgan fingerprint density at radius 3 is 2.67 bits per heavy atom. The molecule has 0 spiro atoms. The Balaban J connectivity index is 1.57. The van der Waals surface area contributed by atoms with Crippen molar-refractivity contribution in [2.45, 2.75) is 17.2 Å². The normalized spacial score (nSPS) is 11.3. The standard InChI is InChI=1S/C19H12N4OS3/c1-11-20-17-15(13(10-26-17)14-8-5-9-25-14)18(21-11)27-19-23-22-16(24-19)12-6-3-2-4-7-12/h2-10H,1H3. The van der Waals surface area contributed by atoms with E-state index in [2.05, 4.69) is 43.1 Å². The lowest BCUT2D eigenvalue weighted by molar-refractivity contribution is 0.465. The van der Waals surface area contributed by atoms with Gasteiger partial charge in [0, 0.05) is 21.4 Å². The topological polar surface area (TPSA) is 64.7 Å². The number of nitrogens with zero attached hydrogens (tertiary/aromatic N) is 4. The van der Waals surface area contributed by atoms with Gasteiger partial charge < -0.3 is 4.42 Å². The molecular weight excluding hydrogens is 396 g/mol. The molecule has 0 saturated carbocycles. The summed E-state index contributed by atoms with van der Waals surface area (Å²) in [5.41, 5.74) is 2.05. The Kier molecular flexibility index (Phi) is 4.23. The van der Waals surface area contributed by atoms with Crippen LogP contribution in [0.2, 0.25) is 0 Å². The highest BCUT2D eigenvalue weighted by Gasteiger charge is 2.18. The maximum absolute atomic E-state index is 5.86. The summed E-state index contributed by atoms with van der Waals surface area (Å²) in [6.07, 6.45) is 0. The van der Waals surface area contributed by atoms with Crippen molar-refractivity contribution in [2.24, 2.45) is 0 Å². The van der Waals surface area contributed by atoms with E-state index in [9.17, 15) is 0 Å². The molecule has 0 aliphatic heterocycles. The number of benzene rings is 1. The number of rotatable bonds is 4. The largest absolute Gasteiger partial charge is 0.411 e. The highest BCUT2D eigenvalue weighted by Crippen LogP contribution is 2.41. The monoisotopic (exact) mass is 408 g/mol. The molecule has 8 heteroatoms. The van der Waals surface area contributed by atoms with E-state index < -0.39 is 0 Å². The van der Waals surface area contributed by atoms with Crippen LogP contribution in [0.5, 0.6) is 0 Å². The molecule has 0 aliphatic carbocycles. The van der Waals surface area contributed by atoms with Crippen LogP contribution in [0.1, 0.15) is 5.82 Å². The number of hydrogen-bond donors (Lipinski definition) is 0. The second-order valence-corrected chi connectivity index (χ2v) is 8.47. The first-order chi connectivity index (χ1) is 13.3. The first-order valence-electron chi connectivity index (χ1n) is 8.14. The lowest BCUT2D eigenvalue weighted by Gasteiger charge is -2.03. The average molecular weight is 409 g/mol. The second-order valence-electron chi connectivity index (χ2n) is 5.72. The van der Waals surface area contributed by atoms with Crippen molar-refractivity contribution >= 4 is 44.7 Å². The lowest BCUT2D eigenvalue weighted by Crippen LogP contribution is -1.91. The molecule has 0 aliphatic rings. The van der Waals surface area contributed by atoms with Crippen molar-refractivity contribution in [3.63, 3.8) is 0 Å². The summed E-state index contributed by atoms with van der Waals surface area (Å²) in [7, 11) is 0. The summed E-state index contributed by atoms with van der Waals surface area (Å²) in [5, 5.41) is 14.9. The molecule has 1 aromatic carbocycles. The van der Waals surface area contributed by atoms with Crippen molar-refractivity contribution in [1.29, 1.82) is 0 Å². The van der Waals surface area contributed by atoms with Gasteiger partial charge in [-0.25, -0.2) is 9.97 Å². The fourth-order valence-corrected chi connectivity index (χ4v) is 5.46. The first-order valence-corrected chi connectivity index (χ1v) is 10.7. The molecule has 0 unspecified atom stereocenters. The van der Waals surface area contributed by atoms with Crippen LogP contribution in [0.3, 0.4) is 0 Å². The minimum Gasteiger partial charge on any atom is -0.411 e. The Hall–Kier alpha value is -2.55. The maximum Gasteiger partial charge on any atom is 0.283 e. The summed E-state index contributed by atoms with van der Waals surface area (Å²) in [4.78, 5) is 11.4. The Morgan fingerprint density at radius 2 is 1.85 bits per heavy atom. The molecular formula is C19H12N4OS3. The zero-order valence-corrected chi connectivity index (χ0v) is 16.6. The summed E-state index contributed by atoms with van der Waals surface area (Å²) >= 11 is 4.72. The quantitative estimate of drug-likeness (QED) is 0.343. The first kappa shape index (κ1) is 16.6. The highest BCUT2D eigenvalue weighted by molar-refractivity contribution is 7.99. The van der Waals surface area contributed by atoms with Gasteiger partial charge in [-0.1, -0.05) is 24.3 Å². The molecule has 0 N–H and O–H groups in total. The van der Waals surface area contributed by atoms with Gasteiger partial charge in [-0.15, -0.1) is 32.9 Å². The molecule has 0 saturated heterocycles. The number of aryl methyl sites for hydroxylation is 1. The highest BCUT2D eigenvalue weighted by atomic mass is 32.2. The minimum atomic E-state index is 0.469. The van der Waals surface area contributed by atoms with Gasteiger partial charge in [-0.2, -0.15) is 0 Å². The molecule has 0 amide bonds. The van der Waals surface area contributed by atoms with Gasteiger partial charge in [0.05, 0.1) is 5.39 Å². The summed E-state index contributed by atoms with van der Waals surface area (Å²) < 4.78 is 5.86. The third kappa shape index (κ3) is 3.16. The Morgan fingerprint density at radius 1 is 0.963 bits per heavy atom. The average Bonchev–Trinajstić information content (AvgIpc) is 3.42. The van der Waals surface area contributed by atoms with Crippen molar-refractivity contribution in [1.82, 2.24) is 20.2 Å². The fourth-order valence-electron chi connectivity index (χ4n) is 2.73. The second kappa shape index (κ2) is 6.88. The molecule has 5 aromatic rings. The van der Waals surface area contributed by atoms with Gasteiger partial charge in [-0.05, 0) is 42.3 Å². The molecule has 5 rings (SSSR count). The van der Waals surface area contributed by atoms with Crippen LogP contribution in [0.15, 0.2) is 67.9 Å². The van der Waals surface area contributed by atoms with Gasteiger partial charge in [0.2, 0.25) is 5.89 Å². The van der Waals surface area contributed by atoms with E-state index >= 15 is 0 Å². The minimum absolute atomic E-state index is 0.469. The van der Waals surface area contributed by atoms with Gasteiger partial charge in [-0.3, -0.25) is 0 Å². The fraction of sp³-hybridized carbons (Fsp3) is 0.0526. The van der Waals surface area contributed by atoms with Crippen molar-refractivity contribution in [2.75, 3.05) is 0 Å². The molecule has 0 bridgehead atoms. The van der Waals surface area contributed by atoms with Gasteiger partial charge in [0.1, 0.15) is 15.7 Å². The van der Waals surface area contributed by atoms with Crippen LogP contribution in [-0.4, -0.2) is 20.2 Å². The van der Waals surface area contributed by atoms with E-state index in [1.165, 1.54) is 16.6 Å². The Bertz CT molecular complexity index is 1210. The van der Waals surface area contributed by atoms with E-state index in [4.69, 9.17) is 4.42 Å². The van der Waals surface area contributed by atoms with Crippen LogP contribution in [0.25, 0.3) is 32.1 Å². The van der Waals surface area contributed by atoms with Crippen LogP contribution in [0.4, 0.5) is 0 Å². The van der Waals surface area contributed by atoms with Gasteiger partial charge >= 0.3 is 0 Å². The number of hydrogen-bond acceptors (Lipinski definition) is 8. The summed E-state index contributed by atoms with van der Waals surface area (Å²) in [6.45, 7) is 1.90. The zero-order valence-electron chi connectivity index (χ0n) is 14.1. The van der Waals surface area contributed by atoms with E-state index in [1.54, 1.807) is 22.7 Å². The maximum atomic E-state index is 5.86. The van der Waals surface area contributed by atoms with Crippen LogP contribution >= 0.6 is 34.4 Å². The van der Waals surface area contributed by atoms with Crippen molar-refractivity contribution in [3.8, 4) is 21.9 Å². The third-order valence-electron chi connectivity index (χ3n) is 3.91. The number of thiophene rings is 2. The van der Waals surface area contributed by atoms with E-state index in [0.717, 1.165) is 32.2 Å². The number of fused-ring (bicyclic) bond motifs is 1. The molecule has 4 aromatic heterocycles. The molecule has 27 heavy (non-hydrogen) atoms. The van der Waals surface area contributed by atoms with Crippen LogP contribution in [-0.2, 0) is 0 Å². The van der Waals surface area contributed by atoms with Gasteiger partial charge in [0.25, 0.3) is 5.22 Å². The molecule has 5 nitrogen and oxygen atoms in total. The summed E-state index contributed by atoms with van der Waals surface area (Å²) in [5.74, 6) is 1.23. The van der Waals surface area contributed by atoms with E-state index in [-0.39, 0.29) is 0 Å². The van der Waals surface area contributed by atoms with Gasteiger partial charge in [0.15, 0.2) is 0 Å². The van der Waals surface area contributed by atoms with E-state index in [1.807, 2.05) is 37.3 Å².